The van der Waals surface area contributed by atoms with Crippen molar-refractivity contribution < 1.29 is 4.79 Å². The molecule has 0 spiro atoms. The normalized spacial score (nSPS) is 22.2. The first-order valence-electron chi connectivity index (χ1n) is 8.23. The molecule has 1 aromatic heterocycles. The van der Waals surface area contributed by atoms with E-state index < -0.39 is 0 Å². The number of nitrogens with zero attached hydrogens (tertiary/aromatic N) is 3. The van der Waals surface area contributed by atoms with E-state index in [4.69, 9.17) is 0 Å². The summed E-state index contributed by atoms with van der Waals surface area (Å²) in [6.45, 7) is 9.02. The molecule has 1 aliphatic heterocycles. The number of aryl methyl sites for hydroxylation is 2. The van der Waals surface area contributed by atoms with Crippen LogP contribution in [0.15, 0.2) is 24.4 Å². The number of aromatic nitrogens is 2. The number of carbonyl (C=O) groups excluding carboxylic acids is 1. The van der Waals surface area contributed by atoms with Gasteiger partial charge < -0.3 is 4.90 Å². The van der Waals surface area contributed by atoms with E-state index in [1.165, 1.54) is 12.0 Å². The van der Waals surface area contributed by atoms with Crippen molar-refractivity contribution in [3.8, 4) is 0 Å². The van der Waals surface area contributed by atoms with Crippen molar-refractivity contribution >= 4 is 16.8 Å². The van der Waals surface area contributed by atoms with Gasteiger partial charge in [0.15, 0.2) is 0 Å². The Hall–Kier alpha value is -1.84. The minimum absolute atomic E-state index is 0.259. The van der Waals surface area contributed by atoms with Gasteiger partial charge in [0.2, 0.25) is 5.91 Å². The smallest absolute Gasteiger partial charge is 0.224 e. The lowest BCUT2D eigenvalue weighted by atomic mass is 9.92. The fraction of sp³-hybridized carbons (Fsp3) is 0.556. The Morgan fingerprint density at radius 3 is 2.73 bits per heavy atom. The highest BCUT2D eigenvalue weighted by molar-refractivity contribution is 5.80. The van der Waals surface area contributed by atoms with E-state index in [0.29, 0.717) is 24.8 Å². The van der Waals surface area contributed by atoms with Crippen molar-refractivity contribution in [2.24, 2.45) is 11.8 Å². The minimum Gasteiger partial charge on any atom is -0.342 e. The summed E-state index contributed by atoms with van der Waals surface area (Å²) in [5.74, 6) is 1.48. The number of rotatable bonds is 3. The molecule has 1 aliphatic rings. The Labute approximate surface area is 132 Å². The molecule has 2 heterocycles. The van der Waals surface area contributed by atoms with Crippen LogP contribution < -0.4 is 0 Å². The Morgan fingerprint density at radius 1 is 1.27 bits per heavy atom. The number of benzene rings is 1. The van der Waals surface area contributed by atoms with Gasteiger partial charge >= 0.3 is 0 Å². The van der Waals surface area contributed by atoms with E-state index >= 15 is 0 Å². The first-order chi connectivity index (χ1) is 10.5. The lowest BCUT2D eigenvalue weighted by Gasteiger charge is -2.35. The van der Waals surface area contributed by atoms with Crippen LogP contribution in [-0.2, 0) is 11.3 Å². The summed E-state index contributed by atoms with van der Waals surface area (Å²) in [6, 6.07) is 6.32. The predicted molar refractivity (Wildman–Crippen MR) is 88.6 cm³/mol. The standard InChI is InChI=1S/C18H25N3O/c1-13-4-5-16-10-19-21(17(16)9-13)7-6-18(22)20-11-14(2)8-15(3)12-20/h4-5,9-10,14-15H,6-8,11-12H2,1-3H3/t14-,15-/m1/s1. The summed E-state index contributed by atoms with van der Waals surface area (Å²) >= 11 is 0. The van der Waals surface area contributed by atoms with Crippen LogP contribution >= 0.6 is 0 Å². The molecule has 1 saturated heterocycles. The molecule has 118 valence electrons. The summed E-state index contributed by atoms with van der Waals surface area (Å²) in [7, 11) is 0. The zero-order chi connectivity index (χ0) is 15.7. The summed E-state index contributed by atoms with van der Waals surface area (Å²) in [4.78, 5) is 14.5. The van der Waals surface area contributed by atoms with Gasteiger partial charge in [-0.15, -0.1) is 0 Å². The number of fused-ring (bicyclic) bond motifs is 1. The molecule has 3 rings (SSSR count). The number of likely N-dealkylation sites (tertiary alicyclic amines) is 1. The number of piperidine rings is 1. The summed E-state index contributed by atoms with van der Waals surface area (Å²) in [6.07, 6.45) is 3.64. The summed E-state index contributed by atoms with van der Waals surface area (Å²) in [5.41, 5.74) is 2.34. The van der Waals surface area contributed by atoms with Crippen LogP contribution in [0.3, 0.4) is 0 Å². The van der Waals surface area contributed by atoms with Crippen molar-refractivity contribution in [1.29, 1.82) is 0 Å². The lowest BCUT2D eigenvalue weighted by Crippen LogP contribution is -2.42. The van der Waals surface area contributed by atoms with Crippen LogP contribution in [0.5, 0.6) is 0 Å². The molecule has 4 nitrogen and oxygen atoms in total. The third-order valence-corrected chi connectivity index (χ3v) is 4.56. The maximum absolute atomic E-state index is 12.5. The molecular weight excluding hydrogens is 274 g/mol. The van der Waals surface area contributed by atoms with Crippen molar-refractivity contribution in [1.82, 2.24) is 14.7 Å². The van der Waals surface area contributed by atoms with Gasteiger partial charge in [0.1, 0.15) is 0 Å². The fourth-order valence-electron chi connectivity index (χ4n) is 3.58. The first-order valence-corrected chi connectivity index (χ1v) is 8.23. The van der Waals surface area contributed by atoms with Crippen molar-refractivity contribution in [3.05, 3.63) is 30.0 Å². The van der Waals surface area contributed by atoms with Crippen molar-refractivity contribution in [2.45, 2.75) is 40.2 Å². The van der Waals surface area contributed by atoms with Gasteiger partial charge in [-0.05, 0) is 36.8 Å². The van der Waals surface area contributed by atoms with Gasteiger partial charge in [-0.3, -0.25) is 9.48 Å². The third-order valence-electron chi connectivity index (χ3n) is 4.56. The van der Waals surface area contributed by atoms with Crippen LogP contribution in [0.2, 0.25) is 0 Å². The van der Waals surface area contributed by atoms with Crippen molar-refractivity contribution in [2.75, 3.05) is 13.1 Å². The van der Waals surface area contributed by atoms with E-state index in [2.05, 4.69) is 44.1 Å². The Kier molecular flexibility index (Phi) is 4.19. The largest absolute Gasteiger partial charge is 0.342 e. The summed E-state index contributed by atoms with van der Waals surface area (Å²) in [5, 5.41) is 5.57. The predicted octanol–water partition coefficient (Wildman–Crippen LogP) is 3.24. The maximum atomic E-state index is 12.5. The van der Waals surface area contributed by atoms with Crippen LogP contribution in [-0.4, -0.2) is 33.7 Å². The molecule has 22 heavy (non-hydrogen) atoms. The highest BCUT2D eigenvalue weighted by Crippen LogP contribution is 2.22. The molecular formula is C18H25N3O. The number of hydrogen-bond donors (Lipinski definition) is 0. The van der Waals surface area contributed by atoms with Gasteiger partial charge in [-0.2, -0.15) is 5.10 Å². The van der Waals surface area contributed by atoms with Gasteiger partial charge in [-0.25, -0.2) is 0 Å². The molecule has 1 amide bonds. The van der Waals surface area contributed by atoms with Gasteiger partial charge in [0.05, 0.1) is 18.3 Å². The van der Waals surface area contributed by atoms with Gasteiger partial charge in [0, 0.05) is 24.9 Å². The second-order valence-corrected chi connectivity index (χ2v) is 6.92. The Balaban J connectivity index is 1.66. The monoisotopic (exact) mass is 299 g/mol. The molecule has 1 fully saturated rings. The third kappa shape index (κ3) is 3.16. The van der Waals surface area contributed by atoms with E-state index in [1.807, 2.05) is 15.8 Å². The molecule has 0 saturated carbocycles. The number of hydrogen-bond acceptors (Lipinski definition) is 2. The highest BCUT2D eigenvalue weighted by atomic mass is 16.2. The minimum atomic E-state index is 0.259. The maximum Gasteiger partial charge on any atom is 0.224 e. The zero-order valence-corrected chi connectivity index (χ0v) is 13.7. The summed E-state index contributed by atoms with van der Waals surface area (Å²) < 4.78 is 1.96. The lowest BCUT2D eigenvalue weighted by molar-refractivity contribution is -0.134. The second-order valence-electron chi connectivity index (χ2n) is 6.92. The molecule has 1 aromatic carbocycles. The van der Waals surface area contributed by atoms with E-state index in [1.54, 1.807) is 0 Å². The molecule has 2 aromatic rings. The quantitative estimate of drug-likeness (QED) is 0.872. The molecule has 2 atom stereocenters. The van der Waals surface area contributed by atoms with Crippen LogP contribution in [0.1, 0.15) is 32.3 Å². The van der Waals surface area contributed by atoms with Gasteiger partial charge in [0.25, 0.3) is 0 Å². The van der Waals surface area contributed by atoms with E-state index in [0.717, 1.165) is 24.0 Å². The SMILES string of the molecule is Cc1ccc2cnn(CCC(=O)N3C[C@H](C)C[C@@H](C)C3)c2c1. The Morgan fingerprint density at radius 2 is 2.00 bits per heavy atom. The van der Waals surface area contributed by atoms with Gasteiger partial charge in [-0.1, -0.05) is 26.0 Å². The molecule has 0 aliphatic carbocycles. The number of amides is 1. The van der Waals surface area contributed by atoms with Crippen LogP contribution in [0, 0.1) is 18.8 Å². The molecule has 0 unspecified atom stereocenters. The van der Waals surface area contributed by atoms with E-state index in [9.17, 15) is 4.79 Å². The molecule has 0 N–H and O–H groups in total. The van der Waals surface area contributed by atoms with Crippen LogP contribution in [0.4, 0.5) is 0 Å². The number of carbonyl (C=O) groups is 1. The topological polar surface area (TPSA) is 38.1 Å². The molecule has 4 heteroatoms. The second kappa shape index (κ2) is 6.11. The average molecular weight is 299 g/mol. The Bertz CT molecular complexity index is 666. The molecule has 0 bridgehead atoms. The first kappa shape index (κ1) is 15.1. The molecule has 0 radical (unpaired) electrons. The van der Waals surface area contributed by atoms with E-state index in [-0.39, 0.29) is 5.91 Å². The highest BCUT2D eigenvalue weighted by Gasteiger charge is 2.25. The zero-order valence-electron chi connectivity index (χ0n) is 13.7. The van der Waals surface area contributed by atoms with Crippen LogP contribution in [0.25, 0.3) is 10.9 Å². The van der Waals surface area contributed by atoms with Crippen molar-refractivity contribution in [3.63, 3.8) is 0 Å². The average Bonchev–Trinajstić information content (AvgIpc) is 2.86. The fourth-order valence-corrected chi connectivity index (χ4v) is 3.58.